The van der Waals surface area contributed by atoms with E-state index in [9.17, 15) is 22.4 Å². The molecule has 1 N–H and O–H groups in total. The van der Waals surface area contributed by atoms with Crippen molar-refractivity contribution in [1.82, 2.24) is 14.5 Å². The highest BCUT2D eigenvalue weighted by molar-refractivity contribution is 7.89. The van der Waals surface area contributed by atoms with Crippen molar-refractivity contribution in [2.24, 2.45) is 0 Å². The maximum absolute atomic E-state index is 13.8. The Balaban J connectivity index is 1.52. The van der Waals surface area contributed by atoms with Crippen molar-refractivity contribution in [3.05, 3.63) is 95.8 Å². The first-order chi connectivity index (χ1) is 21.6. The van der Waals surface area contributed by atoms with Gasteiger partial charge in [-0.25, -0.2) is 12.8 Å². The smallest absolute Gasteiger partial charge is 0.261 e. The molecule has 12 heteroatoms. The molecule has 0 bridgehead atoms. The molecule has 2 amide bonds. The van der Waals surface area contributed by atoms with Crippen LogP contribution in [0.25, 0.3) is 0 Å². The Labute approximate surface area is 264 Å². The number of nitrogens with zero attached hydrogens (tertiary/aromatic N) is 2. The van der Waals surface area contributed by atoms with Crippen LogP contribution in [-0.2, 0) is 35.6 Å². The van der Waals surface area contributed by atoms with Crippen LogP contribution >= 0.6 is 0 Å². The predicted molar refractivity (Wildman–Crippen MR) is 166 cm³/mol. The molecule has 1 aliphatic rings. The Kier molecular flexibility index (Phi) is 12.5. The van der Waals surface area contributed by atoms with Crippen LogP contribution in [0.2, 0.25) is 0 Å². The summed E-state index contributed by atoms with van der Waals surface area (Å²) < 4.78 is 57.6. The highest BCUT2D eigenvalue weighted by atomic mass is 32.2. The van der Waals surface area contributed by atoms with Crippen molar-refractivity contribution >= 4 is 21.8 Å². The zero-order valence-electron chi connectivity index (χ0n) is 25.6. The topological polar surface area (TPSA) is 114 Å². The summed E-state index contributed by atoms with van der Waals surface area (Å²) in [5, 5.41) is 2.92. The molecule has 1 unspecified atom stereocenters. The van der Waals surface area contributed by atoms with Crippen LogP contribution in [0.3, 0.4) is 0 Å². The molecule has 3 aromatic carbocycles. The molecule has 0 spiro atoms. The Morgan fingerprint density at radius 2 is 1.64 bits per heavy atom. The lowest BCUT2D eigenvalue weighted by Gasteiger charge is -2.31. The lowest BCUT2D eigenvalue weighted by molar-refractivity contribution is -0.143. The minimum atomic E-state index is -3.68. The van der Waals surface area contributed by atoms with Gasteiger partial charge >= 0.3 is 0 Å². The Morgan fingerprint density at radius 1 is 0.978 bits per heavy atom. The molecular formula is C33H40FN3O7S. The van der Waals surface area contributed by atoms with Crippen LogP contribution in [0.4, 0.5) is 4.39 Å². The number of benzene rings is 3. The number of amides is 2. The highest BCUT2D eigenvalue weighted by Crippen LogP contribution is 2.25. The Hall–Kier alpha value is -3.84. The largest absolute Gasteiger partial charge is 0.484 e. The van der Waals surface area contributed by atoms with Gasteiger partial charge in [-0.15, -0.1) is 0 Å². The summed E-state index contributed by atoms with van der Waals surface area (Å²) >= 11 is 0. The molecule has 1 saturated heterocycles. The fourth-order valence-electron chi connectivity index (χ4n) is 4.79. The number of ether oxygens (including phenoxy) is 3. The summed E-state index contributed by atoms with van der Waals surface area (Å²) in [5.74, 6) is -0.993. The van der Waals surface area contributed by atoms with Gasteiger partial charge in [0.05, 0.1) is 24.2 Å². The number of morpholine rings is 1. The van der Waals surface area contributed by atoms with E-state index in [0.717, 1.165) is 0 Å². The second-order valence-corrected chi connectivity index (χ2v) is 12.7. The molecule has 1 heterocycles. The zero-order chi connectivity index (χ0) is 32.2. The van der Waals surface area contributed by atoms with Crippen molar-refractivity contribution in [3.8, 4) is 5.75 Å². The van der Waals surface area contributed by atoms with Gasteiger partial charge in [0.25, 0.3) is 5.91 Å². The van der Waals surface area contributed by atoms with E-state index in [-0.39, 0.29) is 42.3 Å². The maximum atomic E-state index is 13.8. The molecule has 1 aliphatic heterocycles. The number of carbonyl (C=O) groups excluding carboxylic acids is 2. The van der Waals surface area contributed by atoms with E-state index in [2.05, 4.69) is 5.32 Å². The van der Waals surface area contributed by atoms with E-state index >= 15 is 0 Å². The van der Waals surface area contributed by atoms with Gasteiger partial charge in [-0.2, -0.15) is 4.31 Å². The second-order valence-electron chi connectivity index (χ2n) is 10.8. The van der Waals surface area contributed by atoms with Crippen molar-refractivity contribution in [2.45, 2.75) is 43.9 Å². The van der Waals surface area contributed by atoms with Gasteiger partial charge in [0.2, 0.25) is 15.9 Å². The van der Waals surface area contributed by atoms with Crippen LogP contribution in [-0.4, -0.2) is 81.6 Å². The molecule has 0 saturated carbocycles. The van der Waals surface area contributed by atoms with Crippen LogP contribution in [0, 0.1) is 5.82 Å². The molecule has 242 valence electrons. The molecule has 0 aromatic heterocycles. The van der Waals surface area contributed by atoms with Crippen LogP contribution in [0.5, 0.6) is 5.75 Å². The third-order valence-corrected chi connectivity index (χ3v) is 9.04. The first-order valence-corrected chi connectivity index (χ1v) is 16.4. The number of halogens is 1. The minimum Gasteiger partial charge on any atom is -0.484 e. The van der Waals surface area contributed by atoms with Crippen LogP contribution in [0.1, 0.15) is 37.4 Å². The van der Waals surface area contributed by atoms with Crippen molar-refractivity contribution in [3.63, 3.8) is 0 Å². The summed E-state index contributed by atoms with van der Waals surface area (Å²) in [6.45, 7) is 5.53. The molecule has 45 heavy (non-hydrogen) atoms. The van der Waals surface area contributed by atoms with E-state index in [1.54, 1.807) is 36.4 Å². The Bertz CT molecular complexity index is 1480. The third-order valence-electron chi connectivity index (χ3n) is 7.13. The molecule has 1 atom stereocenters. The zero-order valence-corrected chi connectivity index (χ0v) is 26.4. The van der Waals surface area contributed by atoms with Gasteiger partial charge in [-0.05, 0) is 67.8 Å². The van der Waals surface area contributed by atoms with Gasteiger partial charge < -0.3 is 24.4 Å². The van der Waals surface area contributed by atoms with Gasteiger partial charge in [-0.3, -0.25) is 9.59 Å². The standard InChI is InChI=1S/C33H40FN3O7S/c1-25(2)43-20-6-17-35-33(39)32(27-7-4-3-5-8-27)37(23-26-9-11-28(34)12-10-26)31(38)24-44-29-13-15-30(16-14-29)45(40,41)36-18-21-42-22-19-36/h3-5,7-16,25,32H,6,17-24H2,1-2H3,(H,35,39). The lowest BCUT2D eigenvalue weighted by Crippen LogP contribution is -2.45. The van der Waals surface area contributed by atoms with E-state index in [4.69, 9.17) is 14.2 Å². The summed E-state index contributed by atoms with van der Waals surface area (Å²) in [4.78, 5) is 29.0. The third kappa shape index (κ3) is 9.82. The van der Waals surface area contributed by atoms with E-state index in [1.807, 2.05) is 19.9 Å². The monoisotopic (exact) mass is 641 g/mol. The fourth-order valence-corrected chi connectivity index (χ4v) is 6.20. The molecule has 1 fully saturated rings. The molecular weight excluding hydrogens is 601 g/mol. The molecule has 0 aliphatic carbocycles. The van der Waals surface area contributed by atoms with E-state index in [0.29, 0.717) is 43.9 Å². The minimum absolute atomic E-state index is 0.0165. The van der Waals surface area contributed by atoms with Crippen LogP contribution < -0.4 is 10.1 Å². The van der Waals surface area contributed by atoms with Crippen molar-refractivity contribution in [1.29, 1.82) is 0 Å². The number of hydrogen-bond acceptors (Lipinski definition) is 7. The number of hydrogen-bond donors (Lipinski definition) is 1. The van der Waals surface area contributed by atoms with Gasteiger partial charge in [-0.1, -0.05) is 42.5 Å². The first-order valence-electron chi connectivity index (χ1n) is 14.9. The molecule has 10 nitrogen and oxygen atoms in total. The van der Waals surface area contributed by atoms with Gasteiger partial charge in [0.15, 0.2) is 6.61 Å². The highest BCUT2D eigenvalue weighted by Gasteiger charge is 2.32. The summed E-state index contributed by atoms with van der Waals surface area (Å²) in [5.41, 5.74) is 1.23. The van der Waals surface area contributed by atoms with Crippen molar-refractivity contribution < 1.29 is 36.6 Å². The average molecular weight is 642 g/mol. The number of carbonyl (C=O) groups is 2. The van der Waals surface area contributed by atoms with E-state index < -0.39 is 34.4 Å². The summed E-state index contributed by atoms with van der Waals surface area (Å²) in [6.07, 6.45) is 0.671. The number of sulfonamides is 1. The van der Waals surface area contributed by atoms with Crippen molar-refractivity contribution in [2.75, 3.05) is 46.1 Å². The van der Waals surface area contributed by atoms with Gasteiger partial charge in [0.1, 0.15) is 17.6 Å². The lowest BCUT2D eigenvalue weighted by atomic mass is 10.0. The Morgan fingerprint density at radius 3 is 2.29 bits per heavy atom. The predicted octanol–water partition coefficient (Wildman–Crippen LogP) is 3.93. The average Bonchev–Trinajstić information content (AvgIpc) is 3.05. The number of nitrogens with one attached hydrogen (secondary N) is 1. The summed E-state index contributed by atoms with van der Waals surface area (Å²) in [7, 11) is -3.68. The second kappa shape index (κ2) is 16.5. The number of rotatable bonds is 15. The SMILES string of the molecule is CC(C)OCCCNC(=O)C(c1ccccc1)N(Cc1ccc(F)cc1)C(=O)COc1ccc(S(=O)(=O)N2CCOCC2)cc1. The van der Waals surface area contributed by atoms with Crippen LogP contribution in [0.15, 0.2) is 83.8 Å². The normalized spacial score (nSPS) is 14.6. The first kappa shape index (κ1) is 34.0. The quantitative estimate of drug-likeness (QED) is 0.250. The molecule has 4 rings (SSSR count). The maximum Gasteiger partial charge on any atom is 0.261 e. The summed E-state index contributed by atoms with van der Waals surface area (Å²) in [6, 6.07) is 19.5. The van der Waals surface area contributed by atoms with Gasteiger partial charge in [0, 0.05) is 32.8 Å². The molecule has 3 aromatic rings. The van der Waals surface area contributed by atoms with E-state index in [1.165, 1.54) is 45.6 Å². The fraction of sp³-hybridized carbons (Fsp3) is 0.394. The molecule has 0 radical (unpaired) electrons.